The zero-order chi connectivity index (χ0) is 19.8. The van der Waals surface area contributed by atoms with E-state index in [1.807, 2.05) is 12.1 Å². The molecular formula is C21H25N3O4. The monoisotopic (exact) mass is 383 g/mol. The van der Waals surface area contributed by atoms with Crippen LogP contribution in [0.25, 0.3) is 11.1 Å². The van der Waals surface area contributed by atoms with Gasteiger partial charge in [-0.3, -0.25) is 19.7 Å². The van der Waals surface area contributed by atoms with Crippen LogP contribution in [-0.4, -0.2) is 61.3 Å². The summed E-state index contributed by atoms with van der Waals surface area (Å²) < 4.78 is 5.33. The molecule has 28 heavy (non-hydrogen) atoms. The molecule has 1 fully saturated rings. The highest BCUT2D eigenvalue weighted by Gasteiger charge is 2.10. The van der Waals surface area contributed by atoms with Gasteiger partial charge in [-0.05, 0) is 48.4 Å². The number of benzene rings is 2. The van der Waals surface area contributed by atoms with Crippen LogP contribution in [0.15, 0.2) is 48.5 Å². The molecule has 0 aliphatic carbocycles. The van der Waals surface area contributed by atoms with Gasteiger partial charge < -0.3 is 10.1 Å². The molecule has 0 bridgehead atoms. The average Bonchev–Trinajstić information content (AvgIpc) is 2.77. The summed E-state index contributed by atoms with van der Waals surface area (Å²) in [5.41, 5.74) is 4.47. The Morgan fingerprint density at radius 3 is 1.96 bits per heavy atom. The fraction of sp³-hybridized carbons (Fsp3) is 0.333. The highest BCUT2D eigenvalue weighted by Crippen LogP contribution is 2.20. The Hall–Kier alpha value is -2.74. The van der Waals surface area contributed by atoms with E-state index in [1.54, 1.807) is 41.9 Å². The summed E-state index contributed by atoms with van der Waals surface area (Å²) >= 11 is 0. The molecule has 1 aliphatic rings. The number of carbonyl (C=O) groups excluding carboxylic acids is 2. The summed E-state index contributed by atoms with van der Waals surface area (Å²) in [6.45, 7) is 5.10. The first-order valence-electron chi connectivity index (χ1n) is 9.40. The van der Waals surface area contributed by atoms with Crippen LogP contribution in [0.4, 0.5) is 0 Å². The van der Waals surface area contributed by atoms with Crippen molar-refractivity contribution in [2.45, 2.75) is 6.42 Å². The fourth-order valence-corrected chi connectivity index (χ4v) is 3.12. The number of nitrogens with zero attached hydrogens (tertiary/aromatic N) is 1. The molecule has 0 spiro atoms. The Labute approximate surface area is 164 Å². The summed E-state index contributed by atoms with van der Waals surface area (Å²) in [5.74, 6) is -0.629. The molecule has 2 aromatic rings. The molecule has 1 saturated heterocycles. The molecule has 3 N–H and O–H groups in total. The van der Waals surface area contributed by atoms with Crippen LogP contribution in [0.5, 0.6) is 0 Å². The summed E-state index contributed by atoms with van der Waals surface area (Å²) in [5, 5.41) is 11.6. The number of carbonyl (C=O) groups is 2. The van der Waals surface area contributed by atoms with Crippen LogP contribution >= 0.6 is 0 Å². The second-order valence-corrected chi connectivity index (χ2v) is 6.66. The molecule has 148 valence electrons. The molecule has 0 aromatic heterocycles. The third kappa shape index (κ3) is 5.39. The zero-order valence-electron chi connectivity index (χ0n) is 15.7. The third-order valence-corrected chi connectivity index (χ3v) is 4.77. The molecule has 1 heterocycles. The van der Waals surface area contributed by atoms with E-state index in [-0.39, 0.29) is 5.91 Å². The first-order valence-corrected chi connectivity index (χ1v) is 9.40. The number of amides is 2. The van der Waals surface area contributed by atoms with E-state index in [2.05, 4.69) is 10.2 Å². The number of ether oxygens (including phenoxy) is 1. The van der Waals surface area contributed by atoms with Crippen molar-refractivity contribution in [1.29, 1.82) is 0 Å². The van der Waals surface area contributed by atoms with Crippen molar-refractivity contribution in [2.75, 3.05) is 39.4 Å². The number of hydrogen-bond donors (Lipinski definition) is 3. The molecule has 0 atom stereocenters. The van der Waals surface area contributed by atoms with Crippen molar-refractivity contribution in [3.63, 3.8) is 0 Å². The third-order valence-electron chi connectivity index (χ3n) is 4.77. The molecule has 2 amide bonds. The van der Waals surface area contributed by atoms with E-state index >= 15 is 0 Å². The molecule has 3 rings (SSSR count). The van der Waals surface area contributed by atoms with Gasteiger partial charge in [0.1, 0.15) is 0 Å². The van der Waals surface area contributed by atoms with Crippen molar-refractivity contribution >= 4 is 11.8 Å². The molecule has 1 aliphatic heterocycles. The van der Waals surface area contributed by atoms with Gasteiger partial charge in [0.25, 0.3) is 11.8 Å². The number of nitrogens with one attached hydrogen (secondary N) is 2. The van der Waals surface area contributed by atoms with Crippen LogP contribution in [0.3, 0.4) is 0 Å². The Kier molecular flexibility index (Phi) is 7.13. The van der Waals surface area contributed by atoms with Gasteiger partial charge >= 0.3 is 0 Å². The van der Waals surface area contributed by atoms with Gasteiger partial charge in [0.05, 0.1) is 13.2 Å². The Morgan fingerprint density at radius 1 is 0.893 bits per heavy atom. The summed E-state index contributed by atoms with van der Waals surface area (Å²) in [7, 11) is 0. The molecule has 0 saturated carbocycles. The predicted molar refractivity (Wildman–Crippen MR) is 105 cm³/mol. The molecule has 7 nitrogen and oxygen atoms in total. The lowest BCUT2D eigenvalue weighted by molar-refractivity contribution is 0.0374. The molecule has 0 radical (unpaired) electrons. The molecule has 0 unspecified atom stereocenters. The van der Waals surface area contributed by atoms with Crippen molar-refractivity contribution in [3.8, 4) is 11.1 Å². The summed E-state index contributed by atoms with van der Waals surface area (Å²) in [6, 6.07) is 14.2. The van der Waals surface area contributed by atoms with Crippen molar-refractivity contribution in [3.05, 3.63) is 59.7 Å². The first-order chi connectivity index (χ1) is 13.7. The quantitative estimate of drug-likeness (QED) is 0.386. The highest BCUT2D eigenvalue weighted by molar-refractivity contribution is 5.95. The maximum Gasteiger partial charge on any atom is 0.274 e. The number of hydroxylamine groups is 1. The summed E-state index contributed by atoms with van der Waals surface area (Å²) in [6.07, 6.45) is 0.914. The summed E-state index contributed by atoms with van der Waals surface area (Å²) in [4.78, 5) is 26.0. The van der Waals surface area contributed by atoms with Crippen LogP contribution in [0.1, 0.15) is 27.1 Å². The van der Waals surface area contributed by atoms with Crippen LogP contribution in [0, 0.1) is 0 Å². The number of rotatable bonds is 7. The van der Waals surface area contributed by atoms with Crippen molar-refractivity contribution in [1.82, 2.24) is 15.7 Å². The topological polar surface area (TPSA) is 90.9 Å². The normalized spacial score (nSPS) is 14.5. The van der Waals surface area contributed by atoms with Gasteiger partial charge in [-0.15, -0.1) is 0 Å². The second kappa shape index (κ2) is 9.98. The number of hydrogen-bond acceptors (Lipinski definition) is 5. The lowest BCUT2D eigenvalue weighted by atomic mass is 10.0. The van der Waals surface area contributed by atoms with E-state index in [0.29, 0.717) is 17.7 Å². The van der Waals surface area contributed by atoms with E-state index < -0.39 is 5.91 Å². The van der Waals surface area contributed by atoms with Crippen LogP contribution < -0.4 is 10.8 Å². The standard InChI is InChI=1S/C21H25N3O4/c25-20(22-10-1-11-24-12-14-28-15-13-24)18-6-2-16(3-7-18)17-4-8-19(9-5-17)21(26)23-27/h2-9,27H,1,10-15H2,(H,22,25)(H,23,26). The maximum absolute atomic E-state index is 12.3. The van der Waals surface area contributed by atoms with Gasteiger partial charge in [0.2, 0.25) is 0 Å². The zero-order valence-corrected chi connectivity index (χ0v) is 15.7. The second-order valence-electron chi connectivity index (χ2n) is 6.66. The van der Waals surface area contributed by atoms with Crippen molar-refractivity contribution in [2.24, 2.45) is 0 Å². The average molecular weight is 383 g/mol. The lowest BCUT2D eigenvalue weighted by Crippen LogP contribution is -2.38. The highest BCUT2D eigenvalue weighted by atomic mass is 16.5. The Balaban J connectivity index is 1.49. The molecular weight excluding hydrogens is 358 g/mol. The lowest BCUT2D eigenvalue weighted by Gasteiger charge is -2.26. The van der Waals surface area contributed by atoms with Gasteiger partial charge in [0.15, 0.2) is 0 Å². The van der Waals surface area contributed by atoms with Gasteiger partial charge in [-0.1, -0.05) is 24.3 Å². The largest absolute Gasteiger partial charge is 0.379 e. The Bertz CT molecular complexity index is 784. The van der Waals surface area contributed by atoms with Crippen molar-refractivity contribution < 1.29 is 19.5 Å². The molecule has 2 aromatic carbocycles. The van der Waals surface area contributed by atoms with Gasteiger partial charge in [-0.2, -0.15) is 0 Å². The Morgan fingerprint density at radius 2 is 1.43 bits per heavy atom. The minimum atomic E-state index is -0.549. The van der Waals surface area contributed by atoms with Gasteiger partial charge in [0, 0.05) is 30.8 Å². The van der Waals surface area contributed by atoms with E-state index in [0.717, 1.165) is 50.4 Å². The molecule has 7 heteroatoms. The van der Waals surface area contributed by atoms with E-state index in [9.17, 15) is 9.59 Å². The maximum atomic E-state index is 12.3. The minimum absolute atomic E-state index is 0.0801. The minimum Gasteiger partial charge on any atom is -0.379 e. The van der Waals surface area contributed by atoms with Crippen LogP contribution in [-0.2, 0) is 4.74 Å². The predicted octanol–water partition coefficient (Wildman–Crippen LogP) is 1.92. The van der Waals surface area contributed by atoms with Gasteiger partial charge in [-0.25, -0.2) is 5.48 Å². The SMILES string of the molecule is O=C(NO)c1ccc(-c2ccc(C(=O)NCCCN3CCOCC3)cc2)cc1. The van der Waals surface area contributed by atoms with Crippen LogP contribution in [0.2, 0.25) is 0 Å². The number of morpholine rings is 1. The van der Waals surface area contributed by atoms with E-state index in [4.69, 9.17) is 9.94 Å². The fourth-order valence-electron chi connectivity index (χ4n) is 3.12. The first kappa shape index (κ1) is 20.0. The smallest absolute Gasteiger partial charge is 0.274 e. The van der Waals surface area contributed by atoms with E-state index in [1.165, 1.54) is 0 Å².